The molecule has 2 bridgehead atoms. The molecule has 0 saturated heterocycles. The van der Waals surface area contributed by atoms with E-state index in [1.165, 1.54) is 6.42 Å². The molecule has 4 unspecified atom stereocenters. The van der Waals surface area contributed by atoms with Crippen molar-refractivity contribution in [3.05, 3.63) is 0 Å². The first-order valence-corrected chi connectivity index (χ1v) is 5.31. The minimum atomic E-state index is 1.04. The van der Waals surface area contributed by atoms with E-state index in [-0.39, 0.29) is 0 Å². The van der Waals surface area contributed by atoms with Crippen molar-refractivity contribution < 1.29 is 0 Å². The molecule has 2 aliphatic rings. The predicted molar refractivity (Wildman–Crippen MR) is 48.4 cm³/mol. The zero-order valence-electron chi connectivity index (χ0n) is 7.84. The first kappa shape index (κ1) is 7.64. The van der Waals surface area contributed by atoms with E-state index in [1.807, 2.05) is 0 Å². The van der Waals surface area contributed by atoms with Gasteiger partial charge in [0.2, 0.25) is 0 Å². The van der Waals surface area contributed by atoms with E-state index in [1.54, 1.807) is 25.7 Å². The highest BCUT2D eigenvalue weighted by molar-refractivity contribution is 4.88. The average molecular weight is 152 g/mol. The number of hydrogen-bond acceptors (Lipinski definition) is 0. The summed E-state index contributed by atoms with van der Waals surface area (Å²) in [6.45, 7) is 4.85. The maximum Gasteiger partial charge on any atom is -0.0383 e. The van der Waals surface area contributed by atoms with Gasteiger partial charge < -0.3 is 0 Å². The third-order valence-corrected chi connectivity index (χ3v) is 4.23. The molecule has 2 saturated carbocycles. The Kier molecular flexibility index (Phi) is 1.95. The van der Waals surface area contributed by atoms with Crippen LogP contribution in [-0.2, 0) is 0 Å². The fourth-order valence-corrected chi connectivity index (χ4v) is 3.37. The first-order chi connectivity index (χ1) is 5.31. The molecule has 0 N–H and O–H groups in total. The normalized spacial score (nSPS) is 49.6. The van der Waals surface area contributed by atoms with Gasteiger partial charge in [0.05, 0.1) is 0 Å². The molecular formula is C11H20. The fourth-order valence-electron chi connectivity index (χ4n) is 3.37. The highest BCUT2D eigenvalue weighted by Crippen LogP contribution is 2.48. The van der Waals surface area contributed by atoms with E-state index < -0.39 is 0 Å². The van der Waals surface area contributed by atoms with Crippen LogP contribution in [0.4, 0.5) is 0 Å². The number of fused-ring (bicyclic) bond motifs is 2. The number of hydrogen-bond donors (Lipinski definition) is 0. The summed E-state index contributed by atoms with van der Waals surface area (Å²) in [5, 5.41) is 0. The molecule has 0 amide bonds. The quantitative estimate of drug-likeness (QED) is 0.539. The molecule has 0 aliphatic heterocycles. The van der Waals surface area contributed by atoms with E-state index >= 15 is 0 Å². The van der Waals surface area contributed by atoms with Gasteiger partial charge in [-0.05, 0) is 42.9 Å². The summed E-state index contributed by atoms with van der Waals surface area (Å²) < 4.78 is 0. The lowest BCUT2D eigenvalue weighted by atomic mass is 9.72. The Morgan fingerprint density at radius 1 is 1.18 bits per heavy atom. The molecule has 0 aromatic heterocycles. The van der Waals surface area contributed by atoms with Crippen LogP contribution in [0.1, 0.15) is 46.0 Å². The van der Waals surface area contributed by atoms with Crippen LogP contribution >= 0.6 is 0 Å². The van der Waals surface area contributed by atoms with Gasteiger partial charge in [0.15, 0.2) is 0 Å². The van der Waals surface area contributed by atoms with Crippen molar-refractivity contribution >= 4 is 0 Å². The number of rotatable bonds is 1. The molecular weight excluding hydrogens is 132 g/mol. The van der Waals surface area contributed by atoms with E-state index in [9.17, 15) is 0 Å². The summed E-state index contributed by atoms with van der Waals surface area (Å²) in [4.78, 5) is 0. The summed E-state index contributed by atoms with van der Waals surface area (Å²) >= 11 is 0. The largest absolute Gasteiger partial charge is 0.0651 e. The first-order valence-electron chi connectivity index (χ1n) is 5.31. The van der Waals surface area contributed by atoms with Crippen LogP contribution in [0.5, 0.6) is 0 Å². The van der Waals surface area contributed by atoms with Crippen LogP contribution in [0.3, 0.4) is 0 Å². The van der Waals surface area contributed by atoms with Crippen LogP contribution in [0, 0.1) is 23.7 Å². The lowest BCUT2D eigenvalue weighted by molar-refractivity contribution is 0.167. The SMILES string of the molecule is CCC1CC2CCC(C2)C1C. The Morgan fingerprint density at radius 3 is 2.73 bits per heavy atom. The molecule has 0 heterocycles. The highest BCUT2D eigenvalue weighted by atomic mass is 14.4. The molecule has 0 radical (unpaired) electrons. The third kappa shape index (κ3) is 1.21. The lowest BCUT2D eigenvalue weighted by Crippen LogP contribution is -2.24. The Morgan fingerprint density at radius 2 is 2.00 bits per heavy atom. The van der Waals surface area contributed by atoms with Crippen LogP contribution < -0.4 is 0 Å². The molecule has 0 nitrogen and oxygen atoms in total. The molecule has 11 heavy (non-hydrogen) atoms. The van der Waals surface area contributed by atoms with Gasteiger partial charge in [0, 0.05) is 0 Å². The Balaban J connectivity index is 2.05. The van der Waals surface area contributed by atoms with Gasteiger partial charge in [0.1, 0.15) is 0 Å². The van der Waals surface area contributed by atoms with Crippen molar-refractivity contribution in [1.29, 1.82) is 0 Å². The van der Waals surface area contributed by atoms with Gasteiger partial charge in [-0.15, -0.1) is 0 Å². The second-order valence-corrected chi connectivity index (χ2v) is 4.70. The maximum atomic E-state index is 2.49. The average Bonchev–Trinajstić information content (AvgIpc) is 2.42. The smallest absolute Gasteiger partial charge is 0.0383 e. The lowest BCUT2D eigenvalue weighted by Gasteiger charge is -2.33. The van der Waals surface area contributed by atoms with Gasteiger partial charge in [-0.1, -0.05) is 26.7 Å². The van der Waals surface area contributed by atoms with Crippen molar-refractivity contribution in [3.8, 4) is 0 Å². The summed E-state index contributed by atoms with van der Waals surface area (Å²) in [6.07, 6.45) is 7.63. The summed E-state index contributed by atoms with van der Waals surface area (Å²) in [5.41, 5.74) is 0. The van der Waals surface area contributed by atoms with E-state index in [0.717, 1.165) is 23.7 Å². The van der Waals surface area contributed by atoms with Gasteiger partial charge >= 0.3 is 0 Å². The third-order valence-electron chi connectivity index (χ3n) is 4.23. The van der Waals surface area contributed by atoms with Crippen LogP contribution in [0.2, 0.25) is 0 Å². The minimum absolute atomic E-state index is 1.04. The molecule has 0 aromatic rings. The minimum Gasteiger partial charge on any atom is -0.0651 e. The van der Waals surface area contributed by atoms with Crippen molar-refractivity contribution in [2.45, 2.75) is 46.0 Å². The van der Waals surface area contributed by atoms with Gasteiger partial charge in [0.25, 0.3) is 0 Å². The summed E-state index contributed by atoms with van der Waals surface area (Å²) in [6, 6.07) is 0. The molecule has 4 atom stereocenters. The Bertz CT molecular complexity index is 139. The molecule has 2 fully saturated rings. The van der Waals surface area contributed by atoms with E-state index in [0.29, 0.717) is 0 Å². The van der Waals surface area contributed by atoms with Gasteiger partial charge in [-0.25, -0.2) is 0 Å². The Hall–Kier alpha value is 0. The predicted octanol–water partition coefficient (Wildman–Crippen LogP) is 3.47. The summed E-state index contributed by atoms with van der Waals surface area (Å²) in [5.74, 6) is 4.35. The molecule has 2 rings (SSSR count). The molecule has 64 valence electrons. The van der Waals surface area contributed by atoms with Crippen LogP contribution in [0.25, 0.3) is 0 Å². The second-order valence-electron chi connectivity index (χ2n) is 4.70. The van der Waals surface area contributed by atoms with Crippen LogP contribution in [0.15, 0.2) is 0 Å². The zero-order valence-corrected chi connectivity index (χ0v) is 7.84. The Labute approximate surface area is 70.4 Å². The van der Waals surface area contributed by atoms with Crippen molar-refractivity contribution in [1.82, 2.24) is 0 Å². The van der Waals surface area contributed by atoms with Crippen molar-refractivity contribution in [3.63, 3.8) is 0 Å². The van der Waals surface area contributed by atoms with E-state index in [4.69, 9.17) is 0 Å². The molecule has 2 aliphatic carbocycles. The van der Waals surface area contributed by atoms with Crippen molar-refractivity contribution in [2.24, 2.45) is 23.7 Å². The molecule has 0 aromatic carbocycles. The topological polar surface area (TPSA) is 0 Å². The second kappa shape index (κ2) is 2.80. The van der Waals surface area contributed by atoms with Gasteiger partial charge in [-0.2, -0.15) is 0 Å². The van der Waals surface area contributed by atoms with Crippen molar-refractivity contribution in [2.75, 3.05) is 0 Å². The summed E-state index contributed by atoms with van der Waals surface area (Å²) in [7, 11) is 0. The maximum absolute atomic E-state index is 2.49. The van der Waals surface area contributed by atoms with Crippen LogP contribution in [-0.4, -0.2) is 0 Å². The standard InChI is InChI=1S/C11H20/c1-3-10-6-9-4-5-11(7-9)8(10)2/h8-11H,3-7H2,1-2H3. The molecule has 0 heteroatoms. The van der Waals surface area contributed by atoms with Gasteiger partial charge in [-0.3, -0.25) is 0 Å². The highest BCUT2D eigenvalue weighted by Gasteiger charge is 2.38. The fraction of sp³-hybridized carbons (Fsp3) is 1.00. The molecule has 0 spiro atoms. The van der Waals surface area contributed by atoms with E-state index in [2.05, 4.69) is 13.8 Å². The zero-order chi connectivity index (χ0) is 7.84. The monoisotopic (exact) mass is 152 g/mol.